The smallest absolute Gasteiger partial charge is 0.337 e. The predicted molar refractivity (Wildman–Crippen MR) is 91.3 cm³/mol. The van der Waals surface area contributed by atoms with E-state index in [1.54, 1.807) is 7.05 Å². The Morgan fingerprint density at radius 2 is 1.59 bits per heavy atom. The van der Waals surface area contributed by atoms with Crippen LogP contribution in [-0.4, -0.2) is 23.4 Å². The summed E-state index contributed by atoms with van der Waals surface area (Å²) in [4.78, 5) is 22.6. The quantitative estimate of drug-likeness (QED) is 0.417. The highest BCUT2D eigenvalue weighted by Gasteiger charge is 2.26. The van der Waals surface area contributed by atoms with Gasteiger partial charge < -0.3 is 10.4 Å². The molecule has 0 amide bonds. The second-order valence-corrected chi connectivity index (χ2v) is 6.48. The van der Waals surface area contributed by atoms with Crippen molar-refractivity contribution in [3.05, 3.63) is 21.8 Å². The molecule has 8 heteroatoms. The van der Waals surface area contributed by atoms with Crippen LogP contribution in [-0.2, 0) is 0 Å². The molecule has 0 atom stereocenters. The predicted octanol–water partition coefficient (Wildman–Crippen LogP) is 3.62. The molecule has 0 aliphatic heterocycles. The van der Waals surface area contributed by atoms with Crippen molar-refractivity contribution in [1.29, 1.82) is 0 Å². The molecular weight excluding hydrogens is 586 g/mol. The van der Waals surface area contributed by atoms with Gasteiger partial charge in [0.25, 0.3) is 5.24 Å². The number of aromatic carboxylic acids is 1. The number of carboxylic acids is 1. The highest BCUT2D eigenvalue weighted by molar-refractivity contribution is 14.1. The molecule has 0 heterocycles. The number of hydrogen-bond acceptors (Lipinski definition) is 3. The van der Waals surface area contributed by atoms with Gasteiger partial charge in [0.1, 0.15) is 0 Å². The molecule has 92 valence electrons. The van der Waals surface area contributed by atoms with Crippen LogP contribution in [0.15, 0.2) is 0 Å². The molecule has 17 heavy (non-hydrogen) atoms. The van der Waals surface area contributed by atoms with Crippen LogP contribution in [0.1, 0.15) is 20.7 Å². The lowest BCUT2D eigenvalue weighted by molar-refractivity contribution is 0.0694. The zero-order chi connectivity index (χ0) is 13.3. The first-order valence-electron chi connectivity index (χ1n) is 4.14. The maximum Gasteiger partial charge on any atom is 0.337 e. The Morgan fingerprint density at radius 1 is 1.12 bits per heavy atom. The fourth-order valence-electron chi connectivity index (χ4n) is 1.24. The van der Waals surface area contributed by atoms with Gasteiger partial charge in [0.15, 0.2) is 0 Å². The summed E-state index contributed by atoms with van der Waals surface area (Å²) in [6.45, 7) is 0. The molecule has 2 N–H and O–H groups in total. The summed E-state index contributed by atoms with van der Waals surface area (Å²) in [7, 11) is 1.67. The molecule has 1 aromatic carbocycles. The molecule has 1 rings (SSSR count). The number of benzene rings is 1. The molecule has 0 aromatic heterocycles. The standard InChI is InChI=1S/C9H5ClI3NO3/c1-14-7-5(12)2(8(10)15)4(11)3(6(7)13)9(16)17/h14H,1H3,(H,16,17). The minimum Gasteiger partial charge on any atom is -0.478 e. The van der Waals surface area contributed by atoms with Crippen LogP contribution >= 0.6 is 79.4 Å². The fraction of sp³-hybridized carbons (Fsp3) is 0.111. The Morgan fingerprint density at radius 3 is 1.94 bits per heavy atom. The Labute approximate surface area is 143 Å². The van der Waals surface area contributed by atoms with Crippen molar-refractivity contribution in [2.45, 2.75) is 0 Å². The van der Waals surface area contributed by atoms with Crippen molar-refractivity contribution in [3.63, 3.8) is 0 Å². The van der Waals surface area contributed by atoms with Gasteiger partial charge in [-0.05, 0) is 79.4 Å². The first kappa shape index (κ1) is 15.7. The second-order valence-electron chi connectivity index (χ2n) is 2.90. The molecule has 0 aliphatic carbocycles. The third-order valence-corrected chi connectivity index (χ3v) is 5.40. The molecule has 0 saturated carbocycles. The van der Waals surface area contributed by atoms with Crippen LogP contribution in [0.4, 0.5) is 5.69 Å². The molecule has 0 unspecified atom stereocenters. The van der Waals surface area contributed by atoms with E-state index in [4.69, 9.17) is 16.7 Å². The first-order chi connectivity index (χ1) is 7.82. The van der Waals surface area contributed by atoms with Gasteiger partial charge in [-0.2, -0.15) is 0 Å². The summed E-state index contributed by atoms with van der Waals surface area (Å²) in [6, 6.07) is 0. The number of carbonyl (C=O) groups is 2. The second kappa shape index (κ2) is 6.19. The van der Waals surface area contributed by atoms with Crippen LogP contribution in [0.3, 0.4) is 0 Å². The Kier molecular flexibility index (Phi) is 5.72. The molecule has 0 radical (unpaired) electrons. The minimum absolute atomic E-state index is 0.0972. The van der Waals surface area contributed by atoms with Crippen molar-refractivity contribution >= 4 is 96.3 Å². The van der Waals surface area contributed by atoms with E-state index in [-0.39, 0.29) is 11.1 Å². The van der Waals surface area contributed by atoms with Crippen LogP contribution in [0.2, 0.25) is 0 Å². The highest BCUT2D eigenvalue weighted by Crippen LogP contribution is 2.35. The van der Waals surface area contributed by atoms with E-state index in [0.717, 1.165) is 0 Å². The lowest BCUT2D eigenvalue weighted by Gasteiger charge is -2.15. The van der Waals surface area contributed by atoms with E-state index in [9.17, 15) is 9.59 Å². The van der Waals surface area contributed by atoms with Crippen molar-refractivity contribution in [2.75, 3.05) is 12.4 Å². The number of nitrogens with one attached hydrogen (secondary N) is 1. The van der Waals surface area contributed by atoms with Crippen LogP contribution in [0, 0.1) is 10.7 Å². The van der Waals surface area contributed by atoms with Crippen molar-refractivity contribution in [1.82, 2.24) is 0 Å². The van der Waals surface area contributed by atoms with E-state index < -0.39 is 11.2 Å². The summed E-state index contributed by atoms with van der Waals surface area (Å²) in [5.74, 6) is -1.08. The lowest BCUT2D eigenvalue weighted by Crippen LogP contribution is -2.13. The molecule has 1 aromatic rings. The van der Waals surface area contributed by atoms with E-state index in [0.29, 0.717) is 16.4 Å². The van der Waals surface area contributed by atoms with Crippen molar-refractivity contribution in [2.24, 2.45) is 0 Å². The summed E-state index contributed by atoms with van der Waals surface area (Å²) < 4.78 is 1.56. The van der Waals surface area contributed by atoms with Crippen LogP contribution in [0.25, 0.3) is 0 Å². The van der Waals surface area contributed by atoms with Gasteiger partial charge in [-0.25, -0.2) is 4.79 Å². The average molecular weight is 591 g/mol. The topological polar surface area (TPSA) is 66.4 Å². The summed E-state index contributed by atoms with van der Waals surface area (Å²) >= 11 is 11.2. The lowest BCUT2D eigenvalue weighted by atomic mass is 10.1. The summed E-state index contributed by atoms with van der Waals surface area (Å²) in [6.07, 6.45) is 0. The van der Waals surface area contributed by atoms with Gasteiger partial charge in [-0.15, -0.1) is 0 Å². The van der Waals surface area contributed by atoms with Crippen molar-refractivity contribution in [3.8, 4) is 0 Å². The zero-order valence-electron chi connectivity index (χ0n) is 8.28. The normalized spacial score (nSPS) is 10.2. The molecule has 0 fully saturated rings. The van der Waals surface area contributed by atoms with Gasteiger partial charge in [-0.1, -0.05) is 0 Å². The summed E-state index contributed by atoms with van der Waals surface area (Å²) in [5, 5.41) is 11.4. The molecule has 0 saturated heterocycles. The Balaban J connectivity index is 3.82. The number of carbonyl (C=O) groups excluding carboxylic acids is 1. The monoisotopic (exact) mass is 591 g/mol. The van der Waals surface area contributed by atoms with Gasteiger partial charge in [-0.3, -0.25) is 4.79 Å². The number of rotatable bonds is 3. The number of carboxylic acid groups (broad SMARTS) is 1. The third-order valence-electron chi connectivity index (χ3n) is 1.98. The number of hydrogen-bond donors (Lipinski definition) is 2. The largest absolute Gasteiger partial charge is 0.478 e. The van der Waals surface area contributed by atoms with Gasteiger partial charge in [0.2, 0.25) is 0 Å². The number of anilines is 1. The van der Waals surface area contributed by atoms with E-state index in [2.05, 4.69) is 5.32 Å². The zero-order valence-corrected chi connectivity index (χ0v) is 15.5. The fourth-order valence-corrected chi connectivity index (χ4v) is 6.41. The maximum absolute atomic E-state index is 11.4. The SMILES string of the molecule is CNc1c(I)c(C(=O)O)c(I)c(C(=O)Cl)c1I. The molecule has 4 nitrogen and oxygen atoms in total. The van der Waals surface area contributed by atoms with Gasteiger partial charge >= 0.3 is 5.97 Å². The van der Waals surface area contributed by atoms with Crippen molar-refractivity contribution < 1.29 is 14.7 Å². The molecule has 0 spiro atoms. The maximum atomic E-state index is 11.4. The van der Waals surface area contributed by atoms with E-state index >= 15 is 0 Å². The van der Waals surface area contributed by atoms with Crippen LogP contribution in [0.5, 0.6) is 0 Å². The average Bonchev–Trinajstić information content (AvgIpc) is 2.16. The molecular formula is C9H5ClI3NO3. The van der Waals surface area contributed by atoms with Gasteiger partial charge in [0, 0.05) is 10.6 Å². The molecule has 0 aliphatic rings. The summed E-state index contributed by atoms with van der Waals surface area (Å²) in [5.41, 5.74) is 0.933. The third kappa shape index (κ3) is 2.97. The highest BCUT2D eigenvalue weighted by atomic mass is 127. The van der Waals surface area contributed by atoms with Crippen LogP contribution < -0.4 is 5.32 Å². The first-order valence-corrected chi connectivity index (χ1v) is 7.75. The Hall–Kier alpha value is 0.640. The molecule has 0 bridgehead atoms. The van der Waals surface area contributed by atoms with E-state index in [1.807, 2.05) is 67.8 Å². The van der Waals surface area contributed by atoms with Gasteiger partial charge in [0.05, 0.1) is 24.0 Å². The minimum atomic E-state index is -1.08. The van der Waals surface area contributed by atoms with E-state index in [1.165, 1.54) is 0 Å². The number of halogens is 4. The Bertz CT molecular complexity index is 478.